The van der Waals surface area contributed by atoms with Crippen molar-refractivity contribution in [3.05, 3.63) is 17.5 Å². The molecule has 132 valence electrons. The molecule has 2 saturated heterocycles. The molecule has 7 nitrogen and oxygen atoms in total. The maximum atomic E-state index is 12.5. The maximum Gasteiger partial charge on any atom is 0.233 e. The molecular formula is C16H24N4O3S. The van der Waals surface area contributed by atoms with E-state index in [1.807, 2.05) is 19.9 Å². The summed E-state index contributed by atoms with van der Waals surface area (Å²) in [5.41, 5.74) is 1.81. The van der Waals surface area contributed by atoms with Crippen molar-refractivity contribution in [1.82, 2.24) is 19.8 Å². The van der Waals surface area contributed by atoms with Crippen molar-refractivity contribution in [1.29, 1.82) is 0 Å². The van der Waals surface area contributed by atoms with E-state index in [9.17, 15) is 9.90 Å². The number of β-amino-alcohol motifs (C(OH)–C–C–N with tert-alkyl or cyclic N) is 1. The molecule has 2 fully saturated rings. The molecule has 0 saturated carbocycles. The van der Waals surface area contributed by atoms with E-state index in [-0.39, 0.29) is 11.9 Å². The number of morpholine rings is 1. The lowest BCUT2D eigenvalue weighted by Crippen LogP contribution is -2.49. The van der Waals surface area contributed by atoms with Gasteiger partial charge in [0.05, 0.1) is 31.1 Å². The summed E-state index contributed by atoms with van der Waals surface area (Å²) >= 11 is 1.35. The number of hydrogen-bond donors (Lipinski definition) is 1. The molecule has 24 heavy (non-hydrogen) atoms. The minimum atomic E-state index is -0.491. The van der Waals surface area contributed by atoms with Crippen LogP contribution < -0.4 is 0 Å². The Hall–Kier alpha value is -1.22. The molecule has 0 spiro atoms. The van der Waals surface area contributed by atoms with Crippen LogP contribution in [-0.4, -0.2) is 88.1 Å². The second kappa shape index (κ2) is 7.77. The van der Waals surface area contributed by atoms with Gasteiger partial charge in [-0.1, -0.05) is 11.8 Å². The van der Waals surface area contributed by atoms with Gasteiger partial charge < -0.3 is 14.7 Å². The number of likely N-dealkylation sites (tertiary alicyclic amines) is 1. The summed E-state index contributed by atoms with van der Waals surface area (Å²) in [6, 6.07) is 1.93. The van der Waals surface area contributed by atoms with Crippen LogP contribution in [0, 0.1) is 13.8 Å². The van der Waals surface area contributed by atoms with Gasteiger partial charge in [-0.3, -0.25) is 9.69 Å². The zero-order chi connectivity index (χ0) is 17.1. The van der Waals surface area contributed by atoms with E-state index in [0.29, 0.717) is 37.2 Å². The first kappa shape index (κ1) is 17.6. The average Bonchev–Trinajstić information content (AvgIpc) is 2.94. The van der Waals surface area contributed by atoms with Gasteiger partial charge in [0.15, 0.2) is 5.16 Å². The lowest BCUT2D eigenvalue weighted by molar-refractivity contribution is -0.127. The minimum Gasteiger partial charge on any atom is -0.390 e. The van der Waals surface area contributed by atoms with Crippen molar-refractivity contribution >= 4 is 17.7 Å². The molecule has 1 aromatic rings. The fourth-order valence-corrected chi connectivity index (χ4v) is 4.07. The van der Waals surface area contributed by atoms with Crippen LogP contribution in [0.25, 0.3) is 0 Å². The third-order valence-electron chi connectivity index (χ3n) is 4.41. The Kier molecular flexibility index (Phi) is 5.70. The number of amides is 1. The van der Waals surface area contributed by atoms with Crippen molar-refractivity contribution in [3.8, 4) is 0 Å². The van der Waals surface area contributed by atoms with E-state index in [1.165, 1.54) is 11.8 Å². The van der Waals surface area contributed by atoms with Gasteiger partial charge in [0.1, 0.15) is 0 Å². The first-order valence-corrected chi connectivity index (χ1v) is 9.24. The van der Waals surface area contributed by atoms with Gasteiger partial charge in [0, 0.05) is 37.6 Å². The molecule has 0 bridgehead atoms. The maximum absolute atomic E-state index is 12.5. The number of thioether (sulfide) groups is 1. The largest absolute Gasteiger partial charge is 0.390 e. The fourth-order valence-electron chi connectivity index (χ4n) is 3.22. The highest BCUT2D eigenvalue weighted by Crippen LogP contribution is 2.20. The highest BCUT2D eigenvalue weighted by atomic mass is 32.2. The van der Waals surface area contributed by atoms with Crippen LogP contribution in [0.15, 0.2) is 11.2 Å². The number of carbonyl (C=O) groups is 1. The van der Waals surface area contributed by atoms with Crippen LogP contribution in [0.1, 0.15) is 11.4 Å². The van der Waals surface area contributed by atoms with Crippen LogP contribution in [-0.2, 0) is 9.53 Å². The van der Waals surface area contributed by atoms with Gasteiger partial charge in [0.2, 0.25) is 5.91 Å². The fraction of sp³-hybridized carbons (Fsp3) is 0.688. The van der Waals surface area contributed by atoms with Gasteiger partial charge in [0.25, 0.3) is 0 Å². The monoisotopic (exact) mass is 352 g/mol. The number of aliphatic hydroxyl groups excluding tert-OH is 1. The molecule has 0 radical (unpaired) electrons. The normalized spacial score (nSPS) is 25.2. The van der Waals surface area contributed by atoms with Crippen molar-refractivity contribution < 1.29 is 14.6 Å². The van der Waals surface area contributed by atoms with Gasteiger partial charge in [-0.2, -0.15) is 0 Å². The zero-order valence-corrected chi connectivity index (χ0v) is 15.0. The summed E-state index contributed by atoms with van der Waals surface area (Å²) in [5, 5.41) is 10.9. The molecule has 3 rings (SSSR count). The number of nitrogens with zero attached hydrogens (tertiary/aromatic N) is 4. The Morgan fingerprint density at radius 3 is 2.62 bits per heavy atom. The van der Waals surface area contributed by atoms with Crippen LogP contribution in [0.4, 0.5) is 0 Å². The average molecular weight is 352 g/mol. The number of ether oxygens (including phenoxy) is 1. The molecular weight excluding hydrogens is 328 g/mol. The number of rotatable bonds is 4. The molecule has 3 heterocycles. The van der Waals surface area contributed by atoms with Crippen LogP contribution >= 0.6 is 11.8 Å². The van der Waals surface area contributed by atoms with E-state index < -0.39 is 6.10 Å². The van der Waals surface area contributed by atoms with Crippen molar-refractivity contribution in [3.63, 3.8) is 0 Å². The highest BCUT2D eigenvalue weighted by molar-refractivity contribution is 7.99. The Morgan fingerprint density at radius 2 is 1.96 bits per heavy atom. The zero-order valence-electron chi connectivity index (χ0n) is 14.1. The summed E-state index contributed by atoms with van der Waals surface area (Å²) < 4.78 is 5.35. The summed E-state index contributed by atoms with van der Waals surface area (Å²) in [4.78, 5) is 25.1. The van der Waals surface area contributed by atoms with Crippen LogP contribution in [0.3, 0.4) is 0 Å². The summed E-state index contributed by atoms with van der Waals surface area (Å²) in [5.74, 6) is 0.323. The summed E-state index contributed by atoms with van der Waals surface area (Å²) in [7, 11) is 0. The highest BCUT2D eigenvalue weighted by Gasteiger charge is 2.37. The molecule has 2 aliphatic rings. The van der Waals surface area contributed by atoms with Crippen molar-refractivity contribution in [2.75, 3.05) is 45.1 Å². The SMILES string of the molecule is Cc1cc(C)nc(SCC(=O)N2C[C@H](O)[C@@H](N3CCOCC3)C2)n1. The van der Waals surface area contributed by atoms with E-state index in [1.54, 1.807) is 4.90 Å². The number of aryl methyl sites for hydroxylation is 2. The van der Waals surface area contributed by atoms with Crippen molar-refractivity contribution in [2.45, 2.75) is 31.1 Å². The molecule has 2 aliphatic heterocycles. The quantitative estimate of drug-likeness (QED) is 0.608. The Morgan fingerprint density at radius 1 is 1.29 bits per heavy atom. The van der Waals surface area contributed by atoms with Crippen LogP contribution in [0.2, 0.25) is 0 Å². The minimum absolute atomic E-state index is 0.0142. The molecule has 1 N–H and O–H groups in total. The second-order valence-corrected chi connectivity index (χ2v) is 7.25. The topological polar surface area (TPSA) is 78.8 Å². The van der Waals surface area contributed by atoms with Gasteiger partial charge in [-0.15, -0.1) is 0 Å². The lowest BCUT2D eigenvalue weighted by Gasteiger charge is -2.33. The number of aliphatic hydroxyl groups is 1. The van der Waals surface area contributed by atoms with Crippen LogP contribution in [0.5, 0.6) is 0 Å². The number of aromatic nitrogens is 2. The Bertz CT molecular complexity index is 574. The number of hydrogen-bond acceptors (Lipinski definition) is 7. The summed E-state index contributed by atoms with van der Waals surface area (Å²) in [6.07, 6.45) is -0.491. The third-order valence-corrected chi connectivity index (χ3v) is 5.25. The molecule has 1 amide bonds. The Labute approximate surface area is 146 Å². The molecule has 1 aromatic heterocycles. The predicted molar refractivity (Wildman–Crippen MR) is 91.0 cm³/mol. The first-order chi connectivity index (χ1) is 11.5. The van der Waals surface area contributed by atoms with E-state index in [2.05, 4.69) is 14.9 Å². The Balaban J connectivity index is 1.53. The molecule has 0 unspecified atom stereocenters. The van der Waals surface area contributed by atoms with E-state index in [0.717, 1.165) is 24.5 Å². The van der Waals surface area contributed by atoms with Gasteiger partial charge >= 0.3 is 0 Å². The molecule has 8 heteroatoms. The predicted octanol–water partition coefficient (Wildman–Crippen LogP) is 0.0894. The first-order valence-electron chi connectivity index (χ1n) is 8.25. The summed E-state index contributed by atoms with van der Waals surface area (Å²) in [6.45, 7) is 7.83. The standard InChI is InChI=1S/C16H24N4O3S/c1-11-7-12(2)18-16(17-11)24-10-15(22)20-8-13(14(21)9-20)19-3-5-23-6-4-19/h7,13-14,21H,3-6,8-10H2,1-2H3/t13-,14-/m0/s1. The van der Waals surface area contributed by atoms with E-state index >= 15 is 0 Å². The molecule has 0 aromatic carbocycles. The lowest BCUT2D eigenvalue weighted by atomic mass is 10.2. The number of carbonyl (C=O) groups excluding carboxylic acids is 1. The van der Waals surface area contributed by atoms with Gasteiger partial charge in [-0.05, 0) is 19.9 Å². The van der Waals surface area contributed by atoms with Gasteiger partial charge in [-0.25, -0.2) is 9.97 Å². The van der Waals surface area contributed by atoms with Crippen molar-refractivity contribution in [2.24, 2.45) is 0 Å². The van der Waals surface area contributed by atoms with E-state index in [4.69, 9.17) is 4.74 Å². The smallest absolute Gasteiger partial charge is 0.233 e. The second-order valence-electron chi connectivity index (χ2n) is 6.30. The third kappa shape index (κ3) is 4.24. The molecule has 2 atom stereocenters. The molecule has 0 aliphatic carbocycles.